The molecule has 20 heavy (non-hydrogen) atoms. The first-order chi connectivity index (χ1) is 9.66. The Morgan fingerprint density at radius 3 is 2.70 bits per heavy atom. The molecule has 0 spiro atoms. The van der Waals surface area contributed by atoms with Gasteiger partial charge < -0.3 is 10.5 Å². The van der Waals surface area contributed by atoms with Crippen LogP contribution in [0.4, 0.5) is 5.69 Å². The minimum atomic E-state index is -1.05. The molecule has 1 unspecified atom stereocenters. The summed E-state index contributed by atoms with van der Waals surface area (Å²) < 4.78 is 17.6. The molecule has 2 N–H and O–H groups in total. The van der Waals surface area contributed by atoms with Crippen molar-refractivity contribution >= 4 is 28.1 Å². The highest BCUT2D eigenvalue weighted by Gasteiger charge is 2.05. The van der Waals surface area contributed by atoms with Crippen LogP contribution in [0.3, 0.4) is 0 Å². The van der Waals surface area contributed by atoms with Gasteiger partial charge in [0.1, 0.15) is 5.75 Å². The number of hydrogen-bond donors (Lipinski definition) is 1. The smallest absolute Gasteiger partial charge is 0.142 e. The van der Waals surface area contributed by atoms with E-state index in [-0.39, 0.29) is 0 Å². The maximum absolute atomic E-state index is 12.0. The van der Waals surface area contributed by atoms with Gasteiger partial charge in [-0.05, 0) is 36.8 Å². The van der Waals surface area contributed by atoms with Gasteiger partial charge >= 0.3 is 0 Å². The monoisotopic (exact) mass is 309 g/mol. The Hall–Kier alpha value is -1.52. The second kappa shape index (κ2) is 7.31. The fraction of sp³-hybridized carbons (Fsp3) is 0.200. The second-order valence-corrected chi connectivity index (χ2v) is 6.25. The Labute approximate surface area is 126 Å². The first kappa shape index (κ1) is 14.9. The molecule has 2 rings (SSSR count). The molecule has 0 saturated carbocycles. The number of ether oxygens (including phenoxy) is 1. The van der Waals surface area contributed by atoms with Crippen LogP contribution in [0.1, 0.15) is 6.42 Å². The number of anilines is 1. The van der Waals surface area contributed by atoms with Crippen molar-refractivity contribution in [3.05, 3.63) is 53.6 Å². The highest BCUT2D eigenvalue weighted by molar-refractivity contribution is 7.85. The molecule has 0 aliphatic heterocycles. The van der Waals surface area contributed by atoms with E-state index < -0.39 is 10.8 Å². The van der Waals surface area contributed by atoms with Crippen LogP contribution in [0.25, 0.3) is 0 Å². The van der Waals surface area contributed by atoms with Crippen molar-refractivity contribution in [1.29, 1.82) is 0 Å². The summed E-state index contributed by atoms with van der Waals surface area (Å²) in [7, 11) is -1.05. The zero-order valence-corrected chi connectivity index (χ0v) is 12.5. The van der Waals surface area contributed by atoms with Gasteiger partial charge in [-0.1, -0.05) is 29.8 Å². The normalized spacial score (nSPS) is 12.1. The molecule has 0 heterocycles. The van der Waals surface area contributed by atoms with Crippen LogP contribution >= 0.6 is 11.6 Å². The molecule has 0 aromatic heterocycles. The van der Waals surface area contributed by atoms with Crippen molar-refractivity contribution in [2.45, 2.75) is 11.3 Å². The second-order valence-electron chi connectivity index (χ2n) is 4.25. The van der Waals surface area contributed by atoms with Crippen LogP contribution in [0, 0.1) is 0 Å². The Morgan fingerprint density at radius 1 is 1.15 bits per heavy atom. The molecular weight excluding hydrogens is 294 g/mol. The Morgan fingerprint density at radius 2 is 1.95 bits per heavy atom. The summed E-state index contributed by atoms with van der Waals surface area (Å²) in [5, 5.41) is 0.601. The molecule has 0 aliphatic rings. The van der Waals surface area contributed by atoms with E-state index in [2.05, 4.69) is 0 Å². The van der Waals surface area contributed by atoms with E-state index in [1.54, 1.807) is 24.3 Å². The topological polar surface area (TPSA) is 52.3 Å². The lowest BCUT2D eigenvalue weighted by Gasteiger charge is -2.08. The van der Waals surface area contributed by atoms with Crippen molar-refractivity contribution in [2.75, 3.05) is 18.1 Å². The van der Waals surface area contributed by atoms with Gasteiger partial charge in [0.05, 0.1) is 23.1 Å². The third-order valence-corrected chi connectivity index (χ3v) is 4.38. The van der Waals surface area contributed by atoms with Gasteiger partial charge in [0.25, 0.3) is 0 Å². The summed E-state index contributed by atoms with van der Waals surface area (Å²) in [4.78, 5) is 0.747. The summed E-state index contributed by atoms with van der Waals surface area (Å²) in [5.41, 5.74) is 6.38. The minimum absolute atomic E-state index is 0.487. The Balaban J connectivity index is 1.79. The van der Waals surface area contributed by atoms with Crippen molar-refractivity contribution in [3.8, 4) is 5.75 Å². The van der Waals surface area contributed by atoms with Gasteiger partial charge in [0, 0.05) is 15.7 Å². The number of hydrogen-bond acceptors (Lipinski definition) is 3. The van der Waals surface area contributed by atoms with Crippen molar-refractivity contribution in [1.82, 2.24) is 0 Å². The summed E-state index contributed by atoms with van der Waals surface area (Å²) in [5.74, 6) is 1.20. The molecule has 2 aromatic carbocycles. The first-order valence-corrected chi connectivity index (χ1v) is 7.98. The van der Waals surface area contributed by atoms with Crippen LogP contribution in [-0.2, 0) is 10.8 Å². The zero-order chi connectivity index (χ0) is 14.4. The van der Waals surface area contributed by atoms with Crippen LogP contribution < -0.4 is 10.5 Å². The molecule has 106 valence electrons. The van der Waals surface area contributed by atoms with Gasteiger partial charge in [-0.25, -0.2) is 0 Å². The summed E-state index contributed by atoms with van der Waals surface area (Å²) >= 11 is 5.87. The molecule has 5 heteroatoms. The van der Waals surface area contributed by atoms with Gasteiger partial charge in [-0.2, -0.15) is 0 Å². The molecule has 0 fully saturated rings. The molecule has 0 amide bonds. The van der Waals surface area contributed by atoms with E-state index in [0.717, 1.165) is 4.90 Å². The maximum atomic E-state index is 12.0. The average Bonchev–Trinajstić information content (AvgIpc) is 2.45. The van der Waals surface area contributed by atoms with E-state index in [1.165, 1.54) is 0 Å². The van der Waals surface area contributed by atoms with Gasteiger partial charge in [-0.15, -0.1) is 0 Å². The van der Waals surface area contributed by atoms with Crippen LogP contribution in [0.2, 0.25) is 5.02 Å². The summed E-state index contributed by atoms with van der Waals surface area (Å²) in [6.07, 6.45) is 0.688. The van der Waals surface area contributed by atoms with Gasteiger partial charge in [0.2, 0.25) is 0 Å². The highest BCUT2D eigenvalue weighted by Crippen LogP contribution is 2.20. The van der Waals surface area contributed by atoms with Crippen LogP contribution in [0.15, 0.2) is 53.4 Å². The van der Waals surface area contributed by atoms with Crippen molar-refractivity contribution < 1.29 is 8.95 Å². The standard InChI is InChI=1S/C15H16ClNO2S/c16-12-5-3-6-13(11-12)20(18)10-4-9-19-15-8-2-1-7-14(15)17/h1-3,5-8,11H,4,9-10,17H2. The van der Waals surface area contributed by atoms with E-state index >= 15 is 0 Å². The van der Waals surface area contributed by atoms with Gasteiger partial charge in [-0.3, -0.25) is 4.21 Å². The fourth-order valence-corrected chi connectivity index (χ4v) is 3.07. The van der Waals surface area contributed by atoms with Crippen LogP contribution in [0.5, 0.6) is 5.75 Å². The molecule has 0 radical (unpaired) electrons. The predicted molar refractivity (Wildman–Crippen MR) is 83.7 cm³/mol. The van der Waals surface area contributed by atoms with E-state index in [4.69, 9.17) is 22.1 Å². The number of benzene rings is 2. The number of para-hydroxylation sites is 2. The molecular formula is C15H16ClNO2S. The largest absolute Gasteiger partial charge is 0.491 e. The number of nitrogen functional groups attached to an aromatic ring is 1. The van der Waals surface area contributed by atoms with Crippen molar-refractivity contribution in [3.63, 3.8) is 0 Å². The van der Waals surface area contributed by atoms with E-state index in [9.17, 15) is 4.21 Å². The number of halogens is 1. The Bertz CT molecular complexity index is 604. The lowest BCUT2D eigenvalue weighted by molar-refractivity contribution is 0.320. The number of nitrogens with two attached hydrogens (primary N) is 1. The van der Waals surface area contributed by atoms with Gasteiger partial charge in [0.15, 0.2) is 0 Å². The van der Waals surface area contributed by atoms with Crippen LogP contribution in [-0.4, -0.2) is 16.6 Å². The molecule has 2 aromatic rings. The highest BCUT2D eigenvalue weighted by atomic mass is 35.5. The average molecular weight is 310 g/mol. The molecule has 3 nitrogen and oxygen atoms in total. The minimum Gasteiger partial charge on any atom is -0.491 e. The SMILES string of the molecule is Nc1ccccc1OCCCS(=O)c1cccc(Cl)c1. The third kappa shape index (κ3) is 4.25. The molecule has 0 aliphatic carbocycles. The lowest BCUT2D eigenvalue weighted by atomic mass is 10.3. The summed E-state index contributed by atoms with van der Waals surface area (Å²) in [6, 6.07) is 14.5. The number of rotatable bonds is 6. The Kier molecular flexibility index (Phi) is 5.44. The molecule has 1 atom stereocenters. The third-order valence-electron chi connectivity index (χ3n) is 2.71. The zero-order valence-electron chi connectivity index (χ0n) is 10.9. The van der Waals surface area contributed by atoms with Crippen molar-refractivity contribution in [2.24, 2.45) is 0 Å². The quantitative estimate of drug-likeness (QED) is 0.656. The lowest BCUT2D eigenvalue weighted by Crippen LogP contribution is -2.06. The summed E-state index contributed by atoms with van der Waals surface area (Å²) in [6.45, 7) is 0.487. The maximum Gasteiger partial charge on any atom is 0.142 e. The molecule has 0 bridgehead atoms. The first-order valence-electron chi connectivity index (χ1n) is 6.28. The van der Waals surface area contributed by atoms with E-state index in [0.29, 0.717) is 35.2 Å². The van der Waals surface area contributed by atoms with E-state index in [1.807, 2.05) is 24.3 Å². The predicted octanol–water partition coefficient (Wildman–Crippen LogP) is 3.50. The molecule has 0 saturated heterocycles. The fourth-order valence-electron chi connectivity index (χ4n) is 1.71.